The van der Waals surface area contributed by atoms with Gasteiger partial charge in [0.25, 0.3) is 5.91 Å². The molecule has 1 saturated heterocycles. The number of halogens is 1. The van der Waals surface area contributed by atoms with Crippen molar-refractivity contribution in [1.82, 2.24) is 5.32 Å². The first kappa shape index (κ1) is 20.1. The Bertz CT molecular complexity index is 738. The zero-order valence-electron chi connectivity index (χ0n) is 13.7. The quantitative estimate of drug-likeness (QED) is 0.696. The van der Waals surface area contributed by atoms with Crippen LogP contribution in [0.3, 0.4) is 0 Å². The Hall–Kier alpha value is -1.25. The Morgan fingerprint density at radius 2 is 2.12 bits per heavy atom. The number of carbonyl (C=O) groups is 2. The number of benzene rings is 1. The summed E-state index contributed by atoms with van der Waals surface area (Å²) >= 11 is 7.39. The topological polar surface area (TPSA) is 89.5 Å². The second-order valence-electron chi connectivity index (χ2n) is 5.82. The normalized spacial score (nSPS) is 20.0. The van der Waals surface area contributed by atoms with Crippen LogP contribution in [0.15, 0.2) is 24.3 Å². The van der Waals surface area contributed by atoms with E-state index in [1.54, 1.807) is 6.07 Å². The van der Waals surface area contributed by atoms with Crippen LogP contribution in [0.2, 0.25) is 5.02 Å². The molecule has 0 aliphatic carbocycles. The van der Waals surface area contributed by atoms with Crippen molar-refractivity contribution < 1.29 is 22.7 Å². The van der Waals surface area contributed by atoms with Crippen LogP contribution in [0.25, 0.3) is 0 Å². The smallest absolute Gasteiger partial charge is 0.316 e. The third-order valence-corrected chi connectivity index (χ3v) is 6.78. The van der Waals surface area contributed by atoms with E-state index < -0.39 is 33.9 Å². The summed E-state index contributed by atoms with van der Waals surface area (Å²) in [4.78, 5) is 23.8. The van der Waals surface area contributed by atoms with Crippen molar-refractivity contribution in [2.75, 3.05) is 17.3 Å². The Kier molecular flexibility index (Phi) is 7.15. The van der Waals surface area contributed by atoms with E-state index in [0.29, 0.717) is 17.2 Å². The zero-order chi connectivity index (χ0) is 18.4. The Labute approximate surface area is 156 Å². The molecule has 6 nitrogen and oxygen atoms in total. The van der Waals surface area contributed by atoms with Crippen molar-refractivity contribution in [2.45, 2.75) is 31.2 Å². The highest BCUT2D eigenvalue weighted by molar-refractivity contribution is 7.99. The van der Waals surface area contributed by atoms with Crippen molar-refractivity contribution in [1.29, 1.82) is 0 Å². The fourth-order valence-corrected chi connectivity index (χ4v) is 5.14. The maximum absolute atomic E-state index is 12.0. The number of thioether (sulfide) groups is 1. The van der Waals surface area contributed by atoms with E-state index in [1.807, 2.05) is 18.2 Å². The van der Waals surface area contributed by atoms with Gasteiger partial charge in [-0.15, -0.1) is 11.8 Å². The molecule has 1 aromatic carbocycles. The maximum atomic E-state index is 12.0. The molecule has 0 saturated carbocycles. The van der Waals surface area contributed by atoms with E-state index in [9.17, 15) is 18.0 Å². The van der Waals surface area contributed by atoms with E-state index in [4.69, 9.17) is 16.3 Å². The van der Waals surface area contributed by atoms with Crippen LogP contribution < -0.4 is 5.32 Å². The average molecular weight is 406 g/mol. The Morgan fingerprint density at radius 1 is 1.40 bits per heavy atom. The maximum Gasteiger partial charge on any atom is 0.316 e. The number of rotatable bonds is 7. The van der Waals surface area contributed by atoms with Gasteiger partial charge in [0.2, 0.25) is 0 Å². The van der Waals surface area contributed by atoms with Crippen molar-refractivity contribution in [3.05, 3.63) is 34.9 Å². The van der Waals surface area contributed by atoms with Crippen LogP contribution in [0.4, 0.5) is 0 Å². The number of amides is 1. The molecule has 2 atom stereocenters. The molecule has 1 aromatic rings. The van der Waals surface area contributed by atoms with E-state index in [2.05, 4.69) is 5.32 Å². The predicted molar refractivity (Wildman–Crippen MR) is 98.4 cm³/mol. The lowest BCUT2D eigenvalue weighted by atomic mass is 10.2. The summed E-state index contributed by atoms with van der Waals surface area (Å²) in [7, 11) is -3.07. The highest BCUT2D eigenvalue weighted by atomic mass is 35.5. The van der Waals surface area contributed by atoms with Gasteiger partial charge in [0, 0.05) is 16.8 Å². The molecule has 9 heteroatoms. The number of sulfone groups is 1. The Balaban J connectivity index is 1.70. The molecule has 0 spiro atoms. The lowest BCUT2D eigenvalue weighted by Gasteiger charge is -2.16. The van der Waals surface area contributed by atoms with Gasteiger partial charge >= 0.3 is 5.97 Å². The minimum Gasteiger partial charge on any atom is -0.452 e. The number of nitrogens with one attached hydrogen (secondary N) is 1. The van der Waals surface area contributed by atoms with Gasteiger partial charge in [0.1, 0.15) is 0 Å². The third-order valence-electron chi connectivity index (χ3n) is 3.69. The number of ether oxygens (including phenoxy) is 1. The summed E-state index contributed by atoms with van der Waals surface area (Å²) in [5.74, 6) is -0.307. The van der Waals surface area contributed by atoms with Crippen LogP contribution in [0.5, 0.6) is 0 Å². The highest BCUT2D eigenvalue weighted by Gasteiger charge is 2.30. The van der Waals surface area contributed by atoms with Crippen LogP contribution in [0, 0.1) is 0 Å². The largest absolute Gasteiger partial charge is 0.452 e. The van der Waals surface area contributed by atoms with Gasteiger partial charge in [0.05, 0.1) is 17.3 Å². The van der Waals surface area contributed by atoms with E-state index in [1.165, 1.54) is 18.7 Å². The van der Waals surface area contributed by atoms with E-state index in [0.717, 1.165) is 5.56 Å². The molecule has 0 bridgehead atoms. The molecule has 138 valence electrons. The molecule has 1 heterocycles. The number of carbonyl (C=O) groups excluding carboxylic acids is 2. The monoisotopic (exact) mass is 405 g/mol. The van der Waals surface area contributed by atoms with Gasteiger partial charge in [0.15, 0.2) is 15.9 Å². The SMILES string of the molecule is C[C@H](OC(=O)CSCc1ccccc1Cl)C(=O)N[C@@H]1CCS(=O)(=O)C1. The van der Waals surface area contributed by atoms with Gasteiger partial charge in [-0.3, -0.25) is 9.59 Å². The molecule has 1 aliphatic heterocycles. The highest BCUT2D eigenvalue weighted by Crippen LogP contribution is 2.20. The molecule has 1 fully saturated rings. The predicted octanol–water partition coefficient (Wildman–Crippen LogP) is 1.81. The molecular weight excluding hydrogens is 386 g/mol. The van der Waals surface area contributed by atoms with Gasteiger partial charge in [-0.1, -0.05) is 29.8 Å². The first-order chi connectivity index (χ1) is 11.8. The summed E-state index contributed by atoms with van der Waals surface area (Å²) < 4.78 is 27.8. The average Bonchev–Trinajstić information content (AvgIpc) is 2.87. The first-order valence-corrected chi connectivity index (χ1v) is 11.1. The summed E-state index contributed by atoms with van der Waals surface area (Å²) in [6, 6.07) is 6.96. The van der Waals surface area contributed by atoms with Crippen LogP contribution in [-0.4, -0.2) is 49.7 Å². The molecule has 0 aromatic heterocycles. The van der Waals surface area contributed by atoms with E-state index >= 15 is 0 Å². The molecule has 1 N–H and O–H groups in total. The van der Waals surface area contributed by atoms with E-state index in [-0.39, 0.29) is 17.3 Å². The van der Waals surface area contributed by atoms with Gasteiger partial charge in [-0.25, -0.2) is 8.42 Å². The standard InChI is InChI=1S/C16H20ClNO5S2/c1-11(16(20)18-13-6-7-25(21,22)10-13)23-15(19)9-24-8-12-4-2-3-5-14(12)17/h2-5,11,13H,6-10H2,1H3,(H,18,20)/t11-,13+/m0/s1. The summed E-state index contributed by atoms with van der Waals surface area (Å²) in [5.41, 5.74) is 0.926. The third kappa shape index (κ3) is 6.52. The second kappa shape index (κ2) is 8.91. The molecular formula is C16H20ClNO5S2. The van der Waals surface area contributed by atoms with Crippen molar-refractivity contribution in [2.24, 2.45) is 0 Å². The lowest BCUT2D eigenvalue weighted by molar-refractivity contribution is -0.152. The fourth-order valence-electron chi connectivity index (χ4n) is 2.37. The fraction of sp³-hybridized carbons (Fsp3) is 0.500. The van der Waals surface area contributed by atoms with Gasteiger partial charge in [-0.05, 0) is 25.0 Å². The first-order valence-electron chi connectivity index (χ1n) is 7.78. The minimum absolute atomic E-state index is 0.0624. The molecule has 0 radical (unpaired) electrons. The second-order valence-corrected chi connectivity index (χ2v) is 9.45. The van der Waals surface area contributed by atoms with Crippen molar-refractivity contribution in [3.63, 3.8) is 0 Å². The van der Waals surface area contributed by atoms with Crippen molar-refractivity contribution in [3.8, 4) is 0 Å². The lowest BCUT2D eigenvalue weighted by Crippen LogP contribution is -2.42. The summed E-state index contributed by atoms with van der Waals surface area (Å²) in [5, 5.41) is 3.25. The molecule has 0 unspecified atom stereocenters. The van der Waals surface area contributed by atoms with Crippen molar-refractivity contribution >= 4 is 45.1 Å². The Morgan fingerprint density at radius 3 is 2.76 bits per heavy atom. The molecule has 25 heavy (non-hydrogen) atoms. The van der Waals surface area contributed by atoms with Crippen LogP contribution in [0.1, 0.15) is 18.9 Å². The number of hydrogen-bond acceptors (Lipinski definition) is 6. The van der Waals surface area contributed by atoms with Gasteiger partial charge in [-0.2, -0.15) is 0 Å². The molecule has 1 amide bonds. The molecule has 1 aliphatic rings. The molecule has 2 rings (SSSR count). The van der Waals surface area contributed by atoms with Gasteiger partial charge < -0.3 is 10.1 Å². The van der Waals surface area contributed by atoms with Crippen LogP contribution in [-0.2, 0) is 29.9 Å². The zero-order valence-corrected chi connectivity index (χ0v) is 16.1. The summed E-state index contributed by atoms with van der Waals surface area (Å²) in [6.45, 7) is 1.47. The number of esters is 1. The minimum atomic E-state index is -3.07. The number of hydrogen-bond donors (Lipinski definition) is 1. The van der Waals surface area contributed by atoms with Crippen LogP contribution >= 0.6 is 23.4 Å². The summed E-state index contributed by atoms with van der Waals surface area (Å²) in [6.07, 6.45) is -0.570.